The first kappa shape index (κ1) is 21.2. The number of hydrogen-bond acceptors (Lipinski definition) is 3. The summed E-state index contributed by atoms with van der Waals surface area (Å²) in [6.45, 7) is 8.14. The van der Waals surface area contributed by atoms with E-state index in [1.54, 1.807) is 0 Å². The highest BCUT2D eigenvalue weighted by molar-refractivity contribution is 6.32. The molecule has 5 rings (SSSR count). The second kappa shape index (κ2) is 9.09. The van der Waals surface area contributed by atoms with E-state index < -0.39 is 0 Å². The summed E-state index contributed by atoms with van der Waals surface area (Å²) >= 11 is 6.61. The highest BCUT2D eigenvalue weighted by Crippen LogP contribution is 2.39. The normalized spacial score (nSPS) is 14.1. The molecular weight excluding hydrogens is 416 g/mol. The van der Waals surface area contributed by atoms with Gasteiger partial charge in [-0.05, 0) is 72.0 Å². The number of benzene rings is 3. The first-order valence-electron chi connectivity index (χ1n) is 11.7. The summed E-state index contributed by atoms with van der Waals surface area (Å²) in [5, 5.41) is 4.53. The van der Waals surface area contributed by atoms with Gasteiger partial charge in [-0.3, -0.25) is 4.90 Å². The maximum Gasteiger partial charge on any atom is 0.137 e. The smallest absolute Gasteiger partial charge is 0.137 e. The molecule has 164 valence electrons. The first-order chi connectivity index (χ1) is 15.7. The van der Waals surface area contributed by atoms with Gasteiger partial charge in [0.2, 0.25) is 0 Å². The van der Waals surface area contributed by atoms with Gasteiger partial charge >= 0.3 is 0 Å². The van der Waals surface area contributed by atoms with Gasteiger partial charge in [0.05, 0.1) is 22.8 Å². The molecule has 1 aliphatic heterocycles. The molecule has 0 aliphatic carbocycles. The van der Waals surface area contributed by atoms with Gasteiger partial charge in [-0.1, -0.05) is 55.8 Å². The standard InChI is InChI=1S/C28H29ClN2O/c1-3-14-31-15-13-22-23(18-31)28(20-10-12-26(24(29)17-20)32-16-4-2)30-25-11-9-19-7-5-6-8-21(19)27(22)25/h5-12,17H,3-4,13-16,18H2,1-2H3. The summed E-state index contributed by atoms with van der Waals surface area (Å²) in [5.74, 6) is 0.741. The van der Waals surface area contributed by atoms with Crippen molar-refractivity contribution in [1.29, 1.82) is 0 Å². The Kier molecular flexibility index (Phi) is 6.03. The Bertz CT molecular complexity index is 1280. The van der Waals surface area contributed by atoms with Crippen LogP contribution in [0.25, 0.3) is 32.9 Å². The van der Waals surface area contributed by atoms with Gasteiger partial charge in [-0.25, -0.2) is 4.98 Å². The molecule has 4 heteroatoms. The lowest BCUT2D eigenvalue weighted by atomic mass is 9.89. The Labute approximate surface area is 195 Å². The highest BCUT2D eigenvalue weighted by atomic mass is 35.5. The first-order valence-corrected chi connectivity index (χ1v) is 12.1. The van der Waals surface area contributed by atoms with Crippen LogP contribution in [0.3, 0.4) is 0 Å². The molecule has 3 aromatic carbocycles. The molecule has 0 bridgehead atoms. The molecule has 0 N–H and O–H groups in total. The Morgan fingerprint density at radius 3 is 2.69 bits per heavy atom. The maximum absolute atomic E-state index is 6.61. The van der Waals surface area contributed by atoms with E-state index in [-0.39, 0.29) is 0 Å². The van der Waals surface area contributed by atoms with Crippen LogP contribution in [0.1, 0.15) is 37.8 Å². The van der Waals surface area contributed by atoms with Crippen molar-refractivity contribution in [2.75, 3.05) is 19.7 Å². The number of halogens is 1. The fraction of sp³-hybridized carbons (Fsp3) is 0.321. The number of hydrogen-bond donors (Lipinski definition) is 0. The van der Waals surface area contributed by atoms with E-state index in [2.05, 4.69) is 61.2 Å². The van der Waals surface area contributed by atoms with Crippen molar-refractivity contribution in [3.8, 4) is 17.0 Å². The van der Waals surface area contributed by atoms with Crippen LogP contribution in [0, 0.1) is 0 Å². The minimum atomic E-state index is 0.645. The van der Waals surface area contributed by atoms with Gasteiger partial charge in [0.1, 0.15) is 5.75 Å². The zero-order valence-corrected chi connectivity index (χ0v) is 19.6. The Morgan fingerprint density at radius 1 is 1.00 bits per heavy atom. The van der Waals surface area contributed by atoms with Crippen molar-refractivity contribution in [1.82, 2.24) is 9.88 Å². The van der Waals surface area contributed by atoms with E-state index >= 15 is 0 Å². The van der Waals surface area contributed by atoms with E-state index in [0.29, 0.717) is 11.6 Å². The van der Waals surface area contributed by atoms with Crippen molar-refractivity contribution >= 4 is 33.3 Å². The Balaban J connectivity index is 1.71. The Morgan fingerprint density at radius 2 is 1.88 bits per heavy atom. The molecule has 0 unspecified atom stereocenters. The highest BCUT2D eigenvalue weighted by Gasteiger charge is 2.24. The molecule has 2 heterocycles. The molecular formula is C28H29ClN2O. The zero-order valence-electron chi connectivity index (χ0n) is 18.8. The predicted octanol–water partition coefficient (Wildman–Crippen LogP) is 7.27. The number of aromatic nitrogens is 1. The molecule has 0 radical (unpaired) electrons. The van der Waals surface area contributed by atoms with Gasteiger partial charge in [-0.15, -0.1) is 0 Å². The van der Waals surface area contributed by atoms with Crippen LogP contribution in [0.2, 0.25) is 5.02 Å². The van der Waals surface area contributed by atoms with Crippen LogP contribution in [0.4, 0.5) is 0 Å². The van der Waals surface area contributed by atoms with Gasteiger partial charge in [-0.2, -0.15) is 0 Å². The van der Waals surface area contributed by atoms with Gasteiger partial charge < -0.3 is 4.74 Å². The minimum absolute atomic E-state index is 0.645. The van der Waals surface area contributed by atoms with Crippen LogP contribution < -0.4 is 4.74 Å². The Hall–Kier alpha value is -2.62. The van der Waals surface area contributed by atoms with E-state index in [0.717, 1.165) is 61.4 Å². The summed E-state index contributed by atoms with van der Waals surface area (Å²) in [6.07, 6.45) is 3.16. The van der Waals surface area contributed by atoms with Crippen LogP contribution in [0.15, 0.2) is 54.6 Å². The van der Waals surface area contributed by atoms with Crippen molar-refractivity contribution in [2.24, 2.45) is 0 Å². The molecule has 1 aromatic heterocycles. The van der Waals surface area contributed by atoms with Gasteiger partial charge in [0.15, 0.2) is 0 Å². The van der Waals surface area contributed by atoms with E-state index in [1.807, 2.05) is 12.1 Å². The monoisotopic (exact) mass is 444 g/mol. The molecule has 0 fully saturated rings. The quantitative estimate of drug-likeness (QED) is 0.292. The van der Waals surface area contributed by atoms with E-state index in [1.165, 1.54) is 27.3 Å². The van der Waals surface area contributed by atoms with Gasteiger partial charge in [0.25, 0.3) is 0 Å². The number of nitrogens with zero attached hydrogens (tertiary/aromatic N) is 2. The lowest BCUT2D eigenvalue weighted by Gasteiger charge is -2.31. The molecule has 0 atom stereocenters. The molecule has 0 saturated heterocycles. The van der Waals surface area contributed by atoms with E-state index in [4.69, 9.17) is 21.3 Å². The molecule has 4 aromatic rings. The molecule has 0 amide bonds. The molecule has 3 nitrogen and oxygen atoms in total. The van der Waals surface area contributed by atoms with Crippen molar-refractivity contribution in [3.63, 3.8) is 0 Å². The molecule has 32 heavy (non-hydrogen) atoms. The number of fused-ring (bicyclic) bond motifs is 5. The summed E-state index contributed by atoms with van der Waals surface area (Å²) in [6, 6.07) is 19.1. The van der Waals surface area contributed by atoms with Crippen LogP contribution in [-0.4, -0.2) is 29.6 Å². The summed E-state index contributed by atoms with van der Waals surface area (Å²) < 4.78 is 5.80. The second-order valence-electron chi connectivity index (χ2n) is 8.62. The van der Waals surface area contributed by atoms with Crippen molar-refractivity contribution < 1.29 is 4.74 Å². The summed E-state index contributed by atoms with van der Waals surface area (Å²) in [5.41, 5.74) is 5.95. The topological polar surface area (TPSA) is 25.4 Å². The molecule has 0 saturated carbocycles. The van der Waals surface area contributed by atoms with Crippen LogP contribution in [-0.2, 0) is 13.0 Å². The third-order valence-corrected chi connectivity index (χ3v) is 6.65. The SMILES string of the molecule is CCCOc1ccc(-c2nc3ccc4ccccc4c3c3c2CN(CCC)CC3)cc1Cl. The third-order valence-electron chi connectivity index (χ3n) is 6.36. The van der Waals surface area contributed by atoms with Crippen LogP contribution >= 0.6 is 11.6 Å². The molecule has 0 spiro atoms. The maximum atomic E-state index is 6.61. The predicted molar refractivity (Wildman–Crippen MR) is 135 cm³/mol. The largest absolute Gasteiger partial charge is 0.492 e. The number of pyridine rings is 1. The van der Waals surface area contributed by atoms with Crippen molar-refractivity contribution in [2.45, 2.75) is 39.7 Å². The minimum Gasteiger partial charge on any atom is -0.492 e. The van der Waals surface area contributed by atoms with Gasteiger partial charge in [0, 0.05) is 24.0 Å². The van der Waals surface area contributed by atoms with E-state index in [9.17, 15) is 0 Å². The summed E-state index contributed by atoms with van der Waals surface area (Å²) in [4.78, 5) is 7.76. The fourth-order valence-electron chi connectivity index (χ4n) is 4.89. The lowest BCUT2D eigenvalue weighted by Crippen LogP contribution is -2.32. The second-order valence-corrected chi connectivity index (χ2v) is 9.03. The number of rotatable bonds is 6. The third kappa shape index (κ3) is 3.85. The summed E-state index contributed by atoms with van der Waals surface area (Å²) in [7, 11) is 0. The zero-order chi connectivity index (χ0) is 22.1. The van der Waals surface area contributed by atoms with Crippen LogP contribution in [0.5, 0.6) is 5.75 Å². The average Bonchev–Trinajstić information content (AvgIpc) is 2.82. The van der Waals surface area contributed by atoms with Crippen molar-refractivity contribution in [3.05, 3.63) is 70.7 Å². The average molecular weight is 445 g/mol. The lowest BCUT2D eigenvalue weighted by molar-refractivity contribution is 0.255. The fourth-order valence-corrected chi connectivity index (χ4v) is 5.13. The number of ether oxygens (including phenoxy) is 1. The molecule has 1 aliphatic rings.